The van der Waals surface area contributed by atoms with Crippen LogP contribution in [0.3, 0.4) is 0 Å². The number of nitrogens with zero attached hydrogens (tertiary/aromatic N) is 4. The second-order valence-corrected chi connectivity index (χ2v) is 5.78. The van der Waals surface area contributed by atoms with Crippen LogP contribution in [0, 0.1) is 5.82 Å². The van der Waals surface area contributed by atoms with Gasteiger partial charge in [-0.15, -0.1) is 10.2 Å². The largest absolute Gasteiger partial charge is 0.302 e. The van der Waals surface area contributed by atoms with Gasteiger partial charge in [-0.25, -0.2) is 4.39 Å². The Morgan fingerprint density at radius 1 is 0.913 bits per heavy atom. The van der Waals surface area contributed by atoms with Gasteiger partial charge in [0, 0.05) is 11.1 Å². The van der Waals surface area contributed by atoms with Crippen molar-refractivity contribution in [3.63, 3.8) is 0 Å². The molecule has 0 unspecified atom stereocenters. The Labute approximate surface area is 133 Å². The van der Waals surface area contributed by atoms with E-state index in [0.29, 0.717) is 15.5 Å². The highest BCUT2D eigenvalue weighted by Gasteiger charge is 2.14. The van der Waals surface area contributed by atoms with E-state index in [4.69, 9.17) is 0 Å². The molecule has 112 valence electrons. The van der Waals surface area contributed by atoms with Crippen LogP contribution in [0.4, 0.5) is 4.39 Å². The number of aromatic nitrogens is 4. The summed E-state index contributed by atoms with van der Waals surface area (Å²) in [5.74, 6) is -0.321. The lowest BCUT2D eigenvalue weighted by atomic mass is 10.2. The van der Waals surface area contributed by atoms with Crippen LogP contribution in [0.2, 0.25) is 0 Å². The molecule has 2 aromatic carbocycles. The van der Waals surface area contributed by atoms with E-state index in [1.165, 1.54) is 28.0 Å². The van der Waals surface area contributed by atoms with Crippen molar-refractivity contribution in [2.75, 3.05) is 0 Å². The van der Waals surface area contributed by atoms with Gasteiger partial charge >= 0.3 is 5.56 Å². The fourth-order valence-electron chi connectivity index (χ4n) is 2.20. The minimum atomic E-state index is -0.328. The summed E-state index contributed by atoms with van der Waals surface area (Å²) in [6.45, 7) is 0. The fraction of sp³-hybridized carbons (Fsp3) is 0. The minimum Gasteiger partial charge on any atom is -0.265 e. The summed E-state index contributed by atoms with van der Waals surface area (Å²) < 4.78 is 14.3. The van der Waals surface area contributed by atoms with E-state index in [1.54, 1.807) is 24.3 Å². The maximum Gasteiger partial charge on any atom is 0.302 e. The van der Waals surface area contributed by atoms with Gasteiger partial charge in [0.15, 0.2) is 5.69 Å². The summed E-state index contributed by atoms with van der Waals surface area (Å²) in [6, 6.07) is 15.1. The van der Waals surface area contributed by atoms with Gasteiger partial charge in [-0.05, 0) is 24.3 Å². The lowest BCUT2D eigenvalue weighted by Crippen LogP contribution is -2.19. The first kappa shape index (κ1) is 13.7. The van der Waals surface area contributed by atoms with E-state index in [1.807, 2.05) is 18.2 Å². The first-order valence-corrected chi connectivity index (χ1v) is 7.62. The number of benzene rings is 2. The van der Waals surface area contributed by atoms with Crippen molar-refractivity contribution in [3.8, 4) is 21.8 Å². The molecule has 0 saturated carbocycles. The molecule has 0 atom stereocenters. The Hall–Kier alpha value is -2.93. The third-order valence-corrected chi connectivity index (χ3v) is 4.28. The molecule has 0 aliphatic rings. The molecule has 0 aliphatic heterocycles. The van der Waals surface area contributed by atoms with Crippen LogP contribution in [0.25, 0.3) is 26.8 Å². The highest BCUT2D eigenvalue weighted by molar-refractivity contribution is 7.19. The minimum absolute atomic E-state index is 0.249. The molecule has 0 aliphatic carbocycles. The Bertz CT molecular complexity index is 1040. The second-order valence-electron chi connectivity index (χ2n) is 4.83. The van der Waals surface area contributed by atoms with Crippen molar-refractivity contribution < 1.29 is 4.39 Å². The molecule has 0 fully saturated rings. The predicted molar refractivity (Wildman–Crippen MR) is 85.8 cm³/mol. The predicted octanol–water partition coefficient (Wildman–Crippen LogP) is 3.02. The molecule has 4 aromatic rings. The van der Waals surface area contributed by atoms with Crippen LogP contribution in [-0.2, 0) is 0 Å². The number of hydrogen-bond acceptors (Lipinski definition) is 5. The number of halogens is 1. The average Bonchev–Trinajstić information content (AvgIpc) is 3.02. The van der Waals surface area contributed by atoms with Crippen LogP contribution in [-0.4, -0.2) is 19.8 Å². The van der Waals surface area contributed by atoms with Crippen LogP contribution in [0.5, 0.6) is 0 Å². The zero-order valence-corrected chi connectivity index (χ0v) is 12.5. The van der Waals surface area contributed by atoms with Gasteiger partial charge in [0.1, 0.15) is 10.8 Å². The summed E-state index contributed by atoms with van der Waals surface area (Å²) in [4.78, 5) is 13.0. The van der Waals surface area contributed by atoms with Crippen LogP contribution < -0.4 is 5.56 Å². The highest BCUT2D eigenvalue weighted by Crippen LogP contribution is 2.24. The molecule has 0 amide bonds. The van der Waals surface area contributed by atoms with Gasteiger partial charge in [0.25, 0.3) is 0 Å². The van der Waals surface area contributed by atoms with Gasteiger partial charge in [-0.1, -0.05) is 41.7 Å². The van der Waals surface area contributed by atoms with Gasteiger partial charge in [-0.3, -0.25) is 4.79 Å². The second kappa shape index (κ2) is 5.36. The van der Waals surface area contributed by atoms with Crippen molar-refractivity contribution in [1.29, 1.82) is 0 Å². The lowest BCUT2D eigenvalue weighted by Gasteiger charge is -1.97. The number of rotatable bonds is 2. The fourth-order valence-corrected chi connectivity index (χ4v) is 3.04. The zero-order chi connectivity index (χ0) is 15.8. The van der Waals surface area contributed by atoms with Crippen LogP contribution in [0.15, 0.2) is 59.4 Å². The Balaban J connectivity index is 1.88. The quantitative estimate of drug-likeness (QED) is 0.569. The molecular weight excluding hydrogens is 315 g/mol. The lowest BCUT2D eigenvalue weighted by molar-refractivity contribution is 0.628. The molecule has 5 nitrogen and oxygen atoms in total. The summed E-state index contributed by atoms with van der Waals surface area (Å²) in [5, 5.41) is 13.0. The van der Waals surface area contributed by atoms with Crippen molar-refractivity contribution in [2.24, 2.45) is 0 Å². The van der Waals surface area contributed by atoms with E-state index < -0.39 is 0 Å². The van der Waals surface area contributed by atoms with Crippen molar-refractivity contribution >= 4 is 16.3 Å². The summed E-state index contributed by atoms with van der Waals surface area (Å²) in [5.41, 5.74) is 1.34. The molecule has 2 heterocycles. The number of fused-ring (bicyclic) bond motifs is 1. The summed E-state index contributed by atoms with van der Waals surface area (Å²) >= 11 is 1.23. The van der Waals surface area contributed by atoms with Crippen LogP contribution >= 0.6 is 11.3 Å². The third-order valence-electron chi connectivity index (χ3n) is 3.33. The first-order chi connectivity index (χ1) is 11.2. The molecule has 0 radical (unpaired) electrons. The molecule has 0 bridgehead atoms. The molecule has 23 heavy (non-hydrogen) atoms. The maximum absolute atomic E-state index is 13.0. The Morgan fingerprint density at radius 2 is 1.65 bits per heavy atom. The molecule has 0 N–H and O–H groups in total. The summed E-state index contributed by atoms with van der Waals surface area (Å²) in [6.07, 6.45) is 0. The molecule has 0 saturated heterocycles. The van der Waals surface area contributed by atoms with E-state index in [2.05, 4.69) is 15.3 Å². The monoisotopic (exact) mass is 324 g/mol. The standard InChI is InChI=1S/C16H9FN4OS/c17-12-8-6-11(7-9-12)14-20-21-15(22)13(18-19-16(21)23-14)10-4-2-1-3-5-10/h1-9H. The Morgan fingerprint density at radius 3 is 2.39 bits per heavy atom. The van der Waals surface area contributed by atoms with Crippen LogP contribution in [0.1, 0.15) is 0 Å². The molecule has 7 heteroatoms. The normalized spacial score (nSPS) is 11.0. The summed E-state index contributed by atoms with van der Waals surface area (Å²) in [7, 11) is 0. The maximum atomic E-state index is 13.0. The van der Waals surface area contributed by atoms with Gasteiger partial charge in [0.05, 0.1) is 0 Å². The highest BCUT2D eigenvalue weighted by atomic mass is 32.1. The van der Waals surface area contributed by atoms with Crippen molar-refractivity contribution in [2.45, 2.75) is 0 Å². The topological polar surface area (TPSA) is 60.2 Å². The molecule has 4 rings (SSSR count). The van der Waals surface area contributed by atoms with E-state index in [0.717, 1.165) is 5.56 Å². The SMILES string of the molecule is O=c1c(-c2ccccc2)nnc2sc(-c3ccc(F)cc3)nn12. The van der Waals surface area contributed by atoms with Crippen molar-refractivity contribution in [1.82, 2.24) is 19.8 Å². The molecule has 2 aromatic heterocycles. The Kier molecular flexibility index (Phi) is 3.20. The third kappa shape index (κ3) is 2.40. The van der Waals surface area contributed by atoms with Crippen molar-refractivity contribution in [3.05, 3.63) is 70.8 Å². The molecule has 0 spiro atoms. The van der Waals surface area contributed by atoms with E-state index in [-0.39, 0.29) is 17.1 Å². The average molecular weight is 324 g/mol. The molecular formula is C16H9FN4OS. The van der Waals surface area contributed by atoms with Gasteiger partial charge in [0.2, 0.25) is 4.96 Å². The smallest absolute Gasteiger partial charge is 0.265 e. The van der Waals surface area contributed by atoms with Gasteiger partial charge in [-0.2, -0.15) is 9.61 Å². The zero-order valence-electron chi connectivity index (χ0n) is 11.7. The van der Waals surface area contributed by atoms with E-state index in [9.17, 15) is 9.18 Å². The van der Waals surface area contributed by atoms with E-state index >= 15 is 0 Å². The first-order valence-electron chi connectivity index (χ1n) is 6.80. The number of hydrogen-bond donors (Lipinski definition) is 0. The van der Waals surface area contributed by atoms with Gasteiger partial charge < -0.3 is 0 Å².